The molecule has 2 saturated heterocycles. The fourth-order valence-corrected chi connectivity index (χ4v) is 3.47. The molecule has 7 heteroatoms. The minimum Gasteiger partial charge on any atom is -0.375 e. The number of H-pyrrole nitrogens is 1. The van der Waals surface area contributed by atoms with E-state index in [1.807, 2.05) is 25.2 Å². The molecule has 2 fully saturated rings. The summed E-state index contributed by atoms with van der Waals surface area (Å²) in [6, 6.07) is 5.92. The highest BCUT2D eigenvalue weighted by Crippen LogP contribution is 2.34. The number of nitrogens with zero attached hydrogens (tertiary/aromatic N) is 2. The Balaban J connectivity index is 1.68. The van der Waals surface area contributed by atoms with Crippen molar-refractivity contribution in [3.63, 3.8) is 0 Å². The second-order valence-electron chi connectivity index (χ2n) is 6.56. The summed E-state index contributed by atoms with van der Waals surface area (Å²) in [5, 5.41) is 3.00. The molecule has 2 aliphatic rings. The van der Waals surface area contributed by atoms with Gasteiger partial charge in [-0.1, -0.05) is 0 Å². The van der Waals surface area contributed by atoms with Crippen LogP contribution in [0.3, 0.4) is 0 Å². The zero-order valence-corrected chi connectivity index (χ0v) is 14.4. The number of nitrogens with one attached hydrogen (secondary N) is 2. The van der Waals surface area contributed by atoms with Crippen LogP contribution in [-0.2, 0) is 9.47 Å². The van der Waals surface area contributed by atoms with Crippen molar-refractivity contribution in [1.29, 1.82) is 0 Å². The van der Waals surface area contributed by atoms with E-state index in [4.69, 9.17) is 9.47 Å². The molecular weight excluding hydrogens is 320 g/mol. The zero-order chi connectivity index (χ0) is 17.4. The van der Waals surface area contributed by atoms with Crippen LogP contribution in [-0.4, -0.2) is 55.0 Å². The fourth-order valence-electron chi connectivity index (χ4n) is 3.47. The maximum absolute atomic E-state index is 12.5. The van der Waals surface area contributed by atoms with Crippen molar-refractivity contribution in [2.45, 2.75) is 18.6 Å². The summed E-state index contributed by atoms with van der Waals surface area (Å²) in [5.41, 5.74) is 2.17. The molecule has 4 heterocycles. The summed E-state index contributed by atoms with van der Waals surface area (Å²) in [5.74, 6) is 0.808. The van der Waals surface area contributed by atoms with Crippen LogP contribution in [0.15, 0.2) is 35.4 Å². The van der Waals surface area contributed by atoms with Gasteiger partial charge in [0.25, 0.3) is 5.56 Å². The van der Waals surface area contributed by atoms with Gasteiger partial charge in [0.2, 0.25) is 0 Å². The van der Waals surface area contributed by atoms with Gasteiger partial charge in [-0.3, -0.25) is 4.79 Å². The summed E-state index contributed by atoms with van der Waals surface area (Å²) in [6.45, 7) is 4.54. The second-order valence-corrected chi connectivity index (χ2v) is 6.56. The monoisotopic (exact) mass is 342 g/mol. The molecule has 1 unspecified atom stereocenters. The Hall–Kier alpha value is -2.38. The highest BCUT2D eigenvalue weighted by Gasteiger charge is 2.50. The van der Waals surface area contributed by atoms with Crippen LogP contribution < -0.4 is 15.8 Å². The normalized spacial score (nSPS) is 21.8. The molecule has 1 atom stereocenters. The van der Waals surface area contributed by atoms with Gasteiger partial charge in [0.05, 0.1) is 25.9 Å². The van der Waals surface area contributed by atoms with Crippen molar-refractivity contribution in [2.24, 2.45) is 0 Å². The Kier molecular flexibility index (Phi) is 3.97. The molecule has 2 aromatic rings. The van der Waals surface area contributed by atoms with Crippen molar-refractivity contribution in [2.75, 3.05) is 43.6 Å². The van der Waals surface area contributed by atoms with Gasteiger partial charge in [0.15, 0.2) is 0 Å². The van der Waals surface area contributed by atoms with Gasteiger partial charge in [-0.2, -0.15) is 0 Å². The number of aromatic nitrogens is 2. The lowest BCUT2D eigenvalue weighted by Crippen LogP contribution is -2.68. The van der Waals surface area contributed by atoms with Crippen molar-refractivity contribution in [3.05, 3.63) is 40.9 Å². The Morgan fingerprint density at radius 3 is 2.84 bits per heavy atom. The van der Waals surface area contributed by atoms with E-state index in [0.29, 0.717) is 32.1 Å². The second kappa shape index (κ2) is 6.16. The van der Waals surface area contributed by atoms with Crippen LogP contribution in [0.2, 0.25) is 0 Å². The zero-order valence-electron chi connectivity index (χ0n) is 14.4. The molecule has 0 radical (unpaired) electrons. The first-order chi connectivity index (χ1) is 12.1. The van der Waals surface area contributed by atoms with Gasteiger partial charge >= 0.3 is 0 Å². The van der Waals surface area contributed by atoms with E-state index >= 15 is 0 Å². The Morgan fingerprint density at radius 2 is 2.20 bits per heavy atom. The lowest BCUT2D eigenvalue weighted by atomic mass is 9.90. The number of rotatable bonds is 3. The average Bonchev–Trinajstić information content (AvgIpc) is 2.61. The number of hydrogen-bond donors (Lipinski definition) is 2. The summed E-state index contributed by atoms with van der Waals surface area (Å²) >= 11 is 0. The standard InChI is InChI=1S/C18H22N4O3/c1-12-18(10-24-11-18)25-6-5-22(12)15-7-14(9-21-17(15)23)13-3-4-16(19-2)20-8-13/h3-4,7-9,12H,5-6,10-11H2,1-2H3,(H,19,20)(H,21,23). The third-order valence-electron chi connectivity index (χ3n) is 5.19. The van der Waals surface area contributed by atoms with E-state index in [1.54, 1.807) is 12.4 Å². The van der Waals surface area contributed by atoms with Crippen molar-refractivity contribution in [1.82, 2.24) is 9.97 Å². The third-order valence-corrected chi connectivity index (χ3v) is 5.19. The van der Waals surface area contributed by atoms with E-state index in [2.05, 4.69) is 27.1 Å². The highest BCUT2D eigenvalue weighted by atomic mass is 16.6. The van der Waals surface area contributed by atoms with Gasteiger partial charge < -0.3 is 24.7 Å². The summed E-state index contributed by atoms with van der Waals surface area (Å²) in [4.78, 5) is 21.8. The predicted molar refractivity (Wildman–Crippen MR) is 96.2 cm³/mol. The van der Waals surface area contributed by atoms with Crippen LogP contribution in [0.4, 0.5) is 11.5 Å². The van der Waals surface area contributed by atoms with Gasteiger partial charge in [-0.05, 0) is 25.1 Å². The van der Waals surface area contributed by atoms with E-state index in [9.17, 15) is 4.79 Å². The number of aromatic amines is 1. The largest absolute Gasteiger partial charge is 0.375 e. The number of pyridine rings is 2. The summed E-state index contributed by atoms with van der Waals surface area (Å²) < 4.78 is 11.3. The molecule has 2 aromatic heterocycles. The van der Waals surface area contributed by atoms with Gasteiger partial charge in [0, 0.05) is 37.1 Å². The molecule has 0 bridgehead atoms. The van der Waals surface area contributed by atoms with Crippen molar-refractivity contribution < 1.29 is 9.47 Å². The van der Waals surface area contributed by atoms with Gasteiger partial charge in [-0.15, -0.1) is 0 Å². The smallest absolute Gasteiger partial charge is 0.271 e. The molecule has 7 nitrogen and oxygen atoms in total. The average molecular weight is 342 g/mol. The van der Waals surface area contributed by atoms with Gasteiger partial charge in [-0.25, -0.2) is 4.98 Å². The fraction of sp³-hybridized carbons (Fsp3) is 0.444. The Bertz CT molecular complexity index is 814. The molecule has 0 amide bonds. The minimum atomic E-state index is -0.295. The molecule has 1 spiro atoms. The molecule has 132 valence electrons. The number of anilines is 2. The number of hydrogen-bond acceptors (Lipinski definition) is 6. The summed E-state index contributed by atoms with van der Waals surface area (Å²) in [7, 11) is 1.83. The maximum Gasteiger partial charge on any atom is 0.271 e. The molecule has 0 aliphatic carbocycles. The lowest BCUT2D eigenvalue weighted by Gasteiger charge is -2.53. The van der Waals surface area contributed by atoms with Crippen molar-refractivity contribution >= 4 is 11.5 Å². The van der Waals surface area contributed by atoms with Crippen LogP contribution in [0.1, 0.15) is 6.92 Å². The Morgan fingerprint density at radius 1 is 1.36 bits per heavy atom. The molecular formula is C18H22N4O3. The minimum absolute atomic E-state index is 0.0798. The first kappa shape index (κ1) is 16.1. The topological polar surface area (TPSA) is 79.5 Å². The summed E-state index contributed by atoms with van der Waals surface area (Å²) in [6.07, 6.45) is 3.53. The first-order valence-electron chi connectivity index (χ1n) is 8.48. The third kappa shape index (κ3) is 2.69. The SMILES string of the molecule is CNc1ccc(-c2c[nH]c(=O)c(N3CCOC4(COC4)C3C)c2)cn1. The number of morpholine rings is 1. The van der Waals surface area contributed by atoms with Crippen LogP contribution in [0, 0.1) is 0 Å². The molecule has 25 heavy (non-hydrogen) atoms. The van der Waals surface area contributed by atoms with E-state index in [1.165, 1.54) is 0 Å². The molecule has 2 aliphatic heterocycles. The highest BCUT2D eigenvalue weighted by molar-refractivity contribution is 5.67. The van der Waals surface area contributed by atoms with Crippen LogP contribution in [0.25, 0.3) is 11.1 Å². The molecule has 2 N–H and O–H groups in total. The lowest BCUT2D eigenvalue weighted by molar-refractivity contribution is -0.228. The van der Waals surface area contributed by atoms with Crippen LogP contribution >= 0.6 is 0 Å². The van der Waals surface area contributed by atoms with E-state index < -0.39 is 0 Å². The van der Waals surface area contributed by atoms with E-state index in [-0.39, 0.29) is 17.2 Å². The predicted octanol–water partition coefficient (Wildman–Crippen LogP) is 1.47. The molecule has 0 aromatic carbocycles. The quantitative estimate of drug-likeness (QED) is 0.879. The van der Waals surface area contributed by atoms with E-state index in [0.717, 1.165) is 16.9 Å². The first-order valence-corrected chi connectivity index (χ1v) is 8.48. The molecule has 0 saturated carbocycles. The maximum atomic E-state index is 12.5. The van der Waals surface area contributed by atoms with Crippen LogP contribution in [0.5, 0.6) is 0 Å². The van der Waals surface area contributed by atoms with Gasteiger partial charge in [0.1, 0.15) is 17.1 Å². The van der Waals surface area contributed by atoms with Crippen molar-refractivity contribution in [3.8, 4) is 11.1 Å². The number of ether oxygens (including phenoxy) is 2. The molecule has 4 rings (SSSR count). The Labute approximate surface area is 146 Å².